The number of aldehydes is 1. The van der Waals surface area contributed by atoms with E-state index in [9.17, 15) is 18.0 Å². The molecular weight excluding hydrogens is 283 g/mol. The summed E-state index contributed by atoms with van der Waals surface area (Å²) in [5.41, 5.74) is 1.14. The Labute approximate surface area is 119 Å². The van der Waals surface area contributed by atoms with Gasteiger partial charge in [0.05, 0.1) is 16.9 Å². The first-order valence-corrected chi connectivity index (χ1v) is 6.21. The first-order chi connectivity index (χ1) is 9.83. The predicted molar refractivity (Wildman–Crippen MR) is 73.0 cm³/mol. The Balaban J connectivity index is 2.54. The second-order valence-electron chi connectivity index (χ2n) is 4.66. The fourth-order valence-corrected chi connectivity index (χ4v) is 2.13. The maximum absolute atomic E-state index is 12.6. The zero-order chi connectivity index (χ0) is 15.6. The van der Waals surface area contributed by atoms with Gasteiger partial charge in [-0.15, -0.1) is 0 Å². The summed E-state index contributed by atoms with van der Waals surface area (Å²) in [5, 5.41) is 4.18. The molecule has 1 aromatic heterocycles. The molecule has 7 heteroatoms. The Kier molecular flexibility index (Phi) is 4.02. The molecule has 21 heavy (non-hydrogen) atoms. The number of para-hydroxylation sites is 1. The van der Waals surface area contributed by atoms with Gasteiger partial charge in [0.2, 0.25) is 0 Å². The van der Waals surface area contributed by atoms with Crippen LogP contribution in [0.2, 0.25) is 0 Å². The average Bonchev–Trinajstić information content (AvgIpc) is 2.74. The maximum Gasteiger partial charge on any atom is 0.405 e. The number of rotatable bonds is 4. The first kappa shape index (κ1) is 15.1. The molecule has 0 atom stereocenters. The van der Waals surface area contributed by atoms with Crippen molar-refractivity contribution in [1.29, 1.82) is 0 Å². The molecule has 0 aliphatic carbocycles. The highest BCUT2D eigenvalue weighted by molar-refractivity contribution is 5.85. The standard InChI is InChI=1S/C14H14F3N3O/c1-10-12(8-21)13(19(2)9-14(15,16)17)20(18-10)11-6-4-3-5-7-11/h3-8H,9H2,1-2H3. The van der Waals surface area contributed by atoms with Crippen molar-refractivity contribution in [3.8, 4) is 5.69 Å². The lowest BCUT2D eigenvalue weighted by atomic mass is 10.2. The van der Waals surface area contributed by atoms with Gasteiger partial charge in [0.15, 0.2) is 6.29 Å². The van der Waals surface area contributed by atoms with Crippen molar-refractivity contribution in [3.05, 3.63) is 41.6 Å². The van der Waals surface area contributed by atoms with Crippen LogP contribution in [-0.2, 0) is 0 Å². The summed E-state index contributed by atoms with van der Waals surface area (Å²) < 4.78 is 39.2. The highest BCUT2D eigenvalue weighted by Crippen LogP contribution is 2.27. The lowest BCUT2D eigenvalue weighted by Crippen LogP contribution is -2.32. The normalized spacial score (nSPS) is 11.5. The molecule has 2 rings (SSSR count). The van der Waals surface area contributed by atoms with Gasteiger partial charge in [-0.3, -0.25) is 4.79 Å². The topological polar surface area (TPSA) is 38.1 Å². The molecule has 0 aliphatic heterocycles. The van der Waals surface area contributed by atoms with Crippen molar-refractivity contribution >= 4 is 12.1 Å². The van der Waals surface area contributed by atoms with Gasteiger partial charge >= 0.3 is 6.18 Å². The van der Waals surface area contributed by atoms with Crippen LogP contribution >= 0.6 is 0 Å². The molecule has 0 aliphatic rings. The smallest absolute Gasteiger partial charge is 0.350 e. The number of hydrogen-bond acceptors (Lipinski definition) is 3. The fraction of sp³-hybridized carbons (Fsp3) is 0.286. The van der Waals surface area contributed by atoms with E-state index in [-0.39, 0.29) is 11.4 Å². The number of carbonyl (C=O) groups is 1. The average molecular weight is 297 g/mol. The van der Waals surface area contributed by atoms with E-state index in [1.165, 1.54) is 11.7 Å². The van der Waals surface area contributed by atoms with Gasteiger partial charge in [0, 0.05) is 7.05 Å². The molecule has 0 N–H and O–H groups in total. The van der Waals surface area contributed by atoms with E-state index in [0.717, 1.165) is 4.90 Å². The summed E-state index contributed by atoms with van der Waals surface area (Å²) in [6.07, 6.45) is -3.83. The molecule has 1 heterocycles. The zero-order valence-corrected chi connectivity index (χ0v) is 11.6. The van der Waals surface area contributed by atoms with E-state index >= 15 is 0 Å². The molecule has 0 radical (unpaired) electrons. The maximum atomic E-state index is 12.6. The number of alkyl halides is 3. The van der Waals surface area contributed by atoms with Crippen LogP contribution in [0.1, 0.15) is 16.1 Å². The van der Waals surface area contributed by atoms with E-state index < -0.39 is 12.7 Å². The van der Waals surface area contributed by atoms with Gasteiger partial charge < -0.3 is 4.90 Å². The molecule has 0 saturated heterocycles. The molecule has 0 saturated carbocycles. The minimum atomic E-state index is -4.37. The summed E-state index contributed by atoms with van der Waals surface area (Å²) in [7, 11) is 1.29. The van der Waals surface area contributed by atoms with Crippen molar-refractivity contribution in [2.45, 2.75) is 13.1 Å². The van der Waals surface area contributed by atoms with Crippen LogP contribution in [0, 0.1) is 6.92 Å². The summed E-state index contributed by atoms with van der Waals surface area (Å²) >= 11 is 0. The SMILES string of the molecule is Cc1nn(-c2ccccc2)c(N(C)CC(F)(F)F)c1C=O. The monoisotopic (exact) mass is 297 g/mol. The van der Waals surface area contributed by atoms with Crippen molar-refractivity contribution in [1.82, 2.24) is 9.78 Å². The Morgan fingerprint density at radius 3 is 2.43 bits per heavy atom. The highest BCUT2D eigenvalue weighted by Gasteiger charge is 2.32. The summed E-state index contributed by atoms with van der Waals surface area (Å²) in [4.78, 5) is 12.2. The molecule has 0 amide bonds. The molecule has 0 bridgehead atoms. The minimum Gasteiger partial charge on any atom is -0.350 e. The van der Waals surface area contributed by atoms with Crippen LogP contribution in [0.4, 0.5) is 19.0 Å². The minimum absolute atomic E-state index is 0.131. The molecule has 0 fully saturated rings. The number of anilines is 1. The lowest BCUT2D eigenvalue weighted by molar-refractivity contribution is -0.119. The summed E-state index contributed by atoms with van der Waals surface area (Å²) in [5.74, 6) is 0.131. The van der Waals surface area contributed by atoms with Gasteiger partial charge in [-0.05, 0) is 19.1 Å². The number of hydrogen-bond donors (Lipinski definition) is 0. The number of benzene rings is 1. The van der Waals surface area contributed by atoms with Crippen LogP contribution in [0.25, 0.3) is 5.69 Å². The number of aryl methyl sites for hydroxylation is 1. The number of carbonyl (C=O) groups excluding carboxylic acids is 1. The van der Waals surface area contributed by atoms with E-state index in [1.807, 2.05) is 0 Å². The second kappa shape index (κ2) is 5.59. The van der Waals surface area contributed by atoms with Crippen LogP contribution in [0.15, 0.2) is 30.3 Å². The quantitative estimate of drug-likeness (QED) is 0.814. The number of halogens is 3. The van der Waals surface area contributed by atoms with Crippen molar-refractivity contribution in [2.24, 2.45) is 0 Å². The molecule has 0 spiro atoms. The van der Waals surface area contributed by atoms with Crippen LogP contribution in [0.5, 0.6) is 0 Å². The van der Waals surface area contributed by atoms with E-state index in [0.29, 0.717) is 17.7 Å². The molecular formula is C14H14F3N3O. The largest absolute Gasteiger partial charge is 0.405 e. The van der Waals surface area contributed by atoms with Gasteiger partial charge in [-0.2, -0.15) is 18.3 Å². The van der Waals surface area contributed by atoms with Crippen LogP contribution in [-0.4, -0.2) is 35.8 Å². The Morgan fingerprint density at radius 1 is 1.29 bits per heavy atom. The highest BCUT2D eigenvalue weighted by atomic mass is 19.4. The second-order valence-corrected chi connectivity index (χ2v) is 4.66. The molecule has 1 aromatic carbocycles. The van der Waals surface area contributed by atoms with E-state index in [1.54, 1.807) is 37.3 Å². The molecule has 4 nitrogen and oxygen atoms in total. The van der Waals surface area contributed by atoms with Crippen molar-refractivity contribution in [2.75, 3.05) is 18.5 Å². The Morgan fingerprint density at radius 2 is 1.90 bits per heavy atom. The number of nitrogens with zero attached hydrogens (tertiary/aromatic N) is 3. The molecule has 112 valence electrons. The third-order valence-corrected chi connectivity index (χ3v) is 2.98. The summed E-state index contributed by atoms with van der Waals surface area (Å²) in [6, 6.07) is 8.72. The van der Waals surface area contributed by atoms with Crippen molar-refractivity contribution in [3.63, 3.8) is 0 Å². The van der Waals surface area contributed by atoms with E-state index in [2.05, 4.69) is 5.10 Å². The molecule has 2 aromatic rings. The van der Waals surface area contributed by atoms with Crippen LogP contribution < -0.4 is 4.90 Å². The Hall–Kier alpha value is -2.31. The predicted octanol–water partition coefficient (Wildman–Crippen LogP) is 2.99. The third-order valence-electron chi connectivity index (χ3n) is 2.98. The van der Waals surface area contributed by atoms with Gasteiger partial charge in [0.25, 0.3) is 0 Å². The summed E-state index contributed by atoms with van der Waals surface area (Å²) in [6.45, 7) is 0.430. The molecule has 0 unspecified atom stereocenters. The fourth-order valence-electron chi connectivity index (χ4n) is 2.13. The van der Waals surface area contributed by atoms with Gasteiger partial charge in [-0.1, -0.05) is 18.2 Å². The lowest BCUT2D eigenvalue weighted by Gasteiger charge is -2.22. The zero-order valence-electron chi connectivity index (χ0n) is 11.6. The van der Waals surface area contributed by atoms with E-state index in [4.69, 9.17) is 0 Å². The number of aromatic nitrogens is 2. The Bertz CT molecular complexity index is 635. The first-order valence-electron chi connectivity index (χ1n) is 6.21. The van der Waals surface area contributed by atoms with Crippen molar-refractivity contribution < 1.29 is 18.0 Å². The van der Waals surface area contributed by atoms with Gasteiger partial charge in [-0.25, -0.2) is 4.68 Å². The van der Waals surface area contributed by atoms with Gasteiger partial charge in [0.1, 0.15) is 12.4 Å². The van der Waals surface area contributed by atoms with Crippen LogP contribution in [0.3, 0.4) is 0 Å². The third kappa shape index (κ3) is 3.24.